The van der Waals surface area contributed by atoms with Gasteiger partial charge in [-0.15, -0.1) is 0 Å². The molecule has 23 heavy (non-hydrogen) atoms. The zero-order chi connectivity index (χ0) is 16.3. The standard InChI is InChI=1S/C16H11F3N4/c1-7-10(17)4-3-8-14(7)20-21-16(8)13-9-6-23(2)22-15(9)12(19)5-11(13)18/h3-6H,1-2H3,(H,20,21). The van der Waals surface area contributed by atoms with Gasteiger partial charge in [-0.3, -0.25) is 9.78 Å². The summed E-state index contributed by atoms with van der Waals surface area (Å²) in [6.07, 6.45) is 1.54. The highest BCUT2D eigenvalue weighted by molar-refractivity contribution is 6.03. The number of aromatic nitrogens is 4. The second-order valence-electron chi connectivity index (χ2n) is 5.45. The highest BCUT2D eigenvalue weighted by atomic mass is 19.1. The topological polar surface area (TPSA) is 46.5 Å². The Balaban J connectivity index is 2.13. The molecule has 0 fully saturated rings. The minimum atomic E-state index is -0.729. The van der Waals surface area contributed by atoms with E-state index in [0.717, 1.165) is 6.07 Å². The summed E-state index contributed by atoms with van der Waals surface area (Å²) in [5.74, 6) is -1.84. The Bertz CT molecular complexity index is 1080. The molecule has 4 rings (SSSR count). The van der Waals surface area contributed by atoms with Gasteiger partial charge in [0.1, 0.15) is 17.2 Å². The lowest BCUT2D eigenvalue weighted by atomic mass is 10.0. The van der Waals surface area contributed by atoms with Crippen LogP contribution < -0.4 is 0 Å². The van der Waals surface area contributed by atoms with Gasteiger partial charge in [0.2, 0.25) is 0 Å². The number of nitrogens with one attached hydrogen (secondary N) is 1. The minimum Gasteiger partial charge on any atom is -0.276 e. The zero-order valence-corrected chi connectivity index (χ0v) is 12.3. The average Bonchev–Trinajstić information content (AvgIpc) is 3.08. The number of benzene rings is 2. The highest BCUT2D eigenvalue weighted by Crippen LogP contribution is 2.36. The van der Waals surface area contributed by atoms with Crippen molar-refractivity contribution in [3.05, 3.63) is 47.4 Å². The van der Waals surface area contributed by atoms with Crippen LogP contribution in [0.25, 0.3) is 33.1 Å². The van der Waals surface area contributed by atoms with Gasteiger partial charge in [0.05, 0.1) is 11.2 Å². The summed E-state index contributed by atoms with van der Waals surface area (Å²) in [7, 11) is 1.63. The molecule has 0 aliphatic carbocycles. The van der Waals surface area contributed by atoms with E-state index in [4.69, 9.17) is 0 Å². The molecule has 0 unspecified atom stereocenters. The summed E-state index contributed by atoms with van der Waals surface area (Å²) in [6, 6.07) is 3.63. The normalized spacial score (nSPS) is 11.7. The molecule has 116 valence electrons. The van der Waals surface area contributed by atoms with Crippen LogP contribution in [-0.2, 0) is 7.05 Å². The third-order valence-corrected chi connectivity index (χ3v) is 3.98. The van der Waals surface area contributed by atoms with Gasteiger partial charge >= 0.3 is 0 Å². The van der Waals surface area contributed by atoms with Crippen LogP contribution in [0.5, 0.6) is 0 Å². The molecule has 0 radical (unpaired) electrons. The Hall–Kier alpha value is -2.83. The van der Waals surface area contributed by atoms with Crippen molar-refractivity contribution in [3.63, 3.8) is 0 Å². The molecule has 0 saturated heterocycles. The SMILES string of the molecule is Cc1c(F)ccc2c(-c3c(F)cc(F)c4nn(C)cc34)[nH]nc12. The maximum atomic E-state index is 14.5. The number of nitrogens with zero attached hydrogens (tertiary/aromatic N) is 3. The van der Waals surface area contributed by atoms with E-state index < -0.39 is 11.6 Å². The summed E-state index contributed by atoms with van der Waals surface area (Å²) in [5, 5.41) is 11.7. The van der Waals surface area contributed by atoms with Gasteiger partial charge in [-0.1, -0.05) is 0 Å². The lowest BCUT2D eigenvalue weighted by Crippen LogP contribution is -1.91. The Morgan fingerprint density at radius 1 is 1.00 bits per heavy atom. The third-order valence-electron chi connectivity index (χ3n) is 3.98. The van der Waals surface area contributed by atoms with Gasteiger partial charge in [-0.25, -0.2) is 13.2 Å². The van der Waals surface area contributed by atoms with Crippen LogP contribution in [0, 0.1) is 24.4 Å². The summed E-state index contributed by atoms with van der Waals surface area (Å²) < 4.78 is 43.5. The van der Waals surface area contributed by atoms with Crippen LogP contribution in [0.2, 0.25) is 0 Å². The van der Waals surface area contributed by atoms with Crippen molar-refractivity contribution in [2.45, 2.75) is 6.92 Å². The van der Waals surface area contributed by atoms with Gasteiger partial charge in [0.15, 0.2) is 5.82 Å². The number of hydrogen-bond acceptors (Lipinski definition) is 2. The Labute approximate surface area is 128 Å². The predicted molar refractivity (Wildman–Crippen MR) is 80.4 cm³/mol. The van der Waals surface area contributed by atoms with Gasteiger partial charge in [0.25, 0.3) is 0 Å². The van der Waals surface area contributed by atoms with Crippen molar-refractivity contribution in [2.24, 2.45) is 7.05 Å². The second-order valence-corrected chi connectivity index (χ2v) is 5.45. The van der Waals surface area contributed by atoms with E-state index in [2.05, 4.69) is 15.3 Å². The van der Waals surface area contributed by atoms with Crippen LogP contribution >= 0.6 is 0 Å². The molecule has 0 saturated carbocycles. The second kappa shape index (κ2) is 4.58. The fourth-order valence-electron chi connectivity index (χ4n) is 2.87. The zero-order valence-electron chi connectivity index (χ0n) is 12.3. The minimum absolute atomic E-state index is 0.0745. The van der Waals surface area contributed by atoms with Crippen molar-refractivity contribution in [3.8, 4) is 11.3 Å². The number of aromatic amines is 1. The maximum absolute atomic E-state index is 14.5. The molecular formula is C16H11F3N4. The molecular weight excluding hydrogens is 305 g/mol. The monoisotopic (exact) mass is 316 g/mol. The Morgan fingerprint density at radius 2 is 1.78 bits per heavy atom. The molecule has 2 heterocycles. The van der Waals surface area contributed by atoms with Gasteiger partial charge in [0, 0.05) is 41.2 Å². The molecule has 0 amide bonds. The van der Waals surface area contributed by atoms with Crippen LogP contribution in [-0.4, -0.2) is 20.0 Å². The molecule has 4 nitrogen and oxygen atoms in total. The van der Waals surface area contributed by atoms with E-state index >= 15 is 0 Å². The number of fused-ring (bicyclic) bond motifs is 2. The highest BCUT2D eigenvalue weighted by Gasteiger charge is 2.21. The van der Waals surface area contributed by atoms with Crippen LogP contribution in [0.3, 0.4) is 0 Å². The lowest BCUT2D eigenvalue weighted by molar-refractivity contribution is 0.591. The third kappa shape index (κ3) is 1.86. The molecule has 2 aromatic carbocycles. The lowest BCUT2D eigenvalue weighted by Gasteiger charge is -2.04. The first-order valence-corrected chi connectivity index (χ1v) is 6.92. The van der Waals surface area contributed by atoms with Crippen LogP contribution in [0.1, 0.15) is 5.56 Å². The molecule has 0 spiro atoms. The van der Waals surface area contributed by atoms with Crippen LogP contribution in [0.4, 0.5) is 13.2 Å². The Morgan fingerprint density at radius 3 is 2.57 bits per heavy atom. The van der Waals surface area contributed by atoms with Crippen LogP contribution in [0.15, 0.2) is 24.4 Å². The number of hydrogen-bond donors (Lipinski definition) is 1. The average molecular weight is 316 g/mol. The first kappa shape index (κ1) is 13.8. The first-order valence-electron chi connectivity index (χ1n) is 6.92. The summed E-state index contributed by atoms with van der Waals surface area (Å²) in [6.45, 7) is 1.60. The van der Waals surface area contributed by atoms with Gasteiger partial charge in [-0.05, 0) is 19.1 Å². The number of aryl methyl sites for hydroxylation is 2. The summed E-state index contributed by atoms with van der Waals surface area (Å²) in [5.41, 5.74) is 1.41. The van der Waals surface area contributed by atoms with Crippen molar-refractivity contribution < 1.29 is 13.2 Å². The van der Waals surface area contributed by atoms with E-state index in [1.165, 1.54) is 16.8 Å². The molecule has 0 bridgehead atoms. The molecule has 0 aliphatic rings. The van der Waals surface area contributed by atoms with Gasteiger partial charge in [-0.2, -0.15) is 10.2 Å². The Kier molecular flexibility index (Phi) is 2.75. The fourth-order valence-corrected chi connectivity index (χ4v) is 2.87. The van der Waals surface area contributed by atoms with E-state index in [0.29, 0.717) is 27.5 Å². The number of halogens is 3. The largest absolute Gasteiger partial charge is 0.276 e. The predicted octanol–water partition coefficient (Wildman–Crippen LogP) is 3.84. The summed E-state index contributed by atoms with van der Waals surface area (Å²) in [4.78, 5) is 0. The molecule has 2 aromatic heterocycles. The van der Waals surface area contributed by atoms with E-state index in [9.17, 15) is 13.2 Å². The molecule has 7 heteroatoms. The molecule has 0 atom stereocenters. The van der Waals surface area contributed by atoms with Crippen molar-refractivity contribution in [1.82, 2.24) is 20.0 Å². The maximum Gasteiger partial charge on any atom is 0.154 e. The van der Waals surface area contributed by atoms with Gasteiger partial charge < -0.3 is 0 Å². The van der Waals surface area contributed by atoms with E-state index in [1.54, 1.807) is 20.2 Å². The summed E-state index contributed by atoms with van der Waals surface area (Å²) >= 11 is 0. The van der Waals surface area contributed by atoms with E-state index in [-0.39, 0.29) is 16.9 Å². The molecule has 4 aromatic rings. The van der Waals surface area contributed by atoms with Crippen molar-refractivity contribution >= 4 is 21.8 Å². The smallest absolute Gasteiger partial charge is 0.154 e. The number of H-pyrrole nitrogens is 1. The fraction of sp³-hybridized carbons (Fsp3) is 0.125. The quantitative estimate of drug-likeness (QED) is 0.580. The first-order chi connectivity index (χ1) is 11.0. The molecule has 1 N–H and O–H groups in total. The number of rotatable bonds is 1. The van der Waals surface area contributed by atoms with E-state index in [1.807, 2.05) is 0 Å². The van der Waals surface area contributed by atoms with Crippen molar-refractivity contribution in [1.29, 1.82) is 0 Å². The molecule has 0 aliphatic heterocycles. The van der Waals surface area contributed by atoms with Crippen molar-refractivity contribution in [2.75, 3.05) is 0 Å².